The average Bonchev–Trinajstić information content (AvgIpc) is 3.43. The predicted octanol–water partition coefficient (Wildman–Crippen LogP) is 4.62. The second kappa shape index (κ2) is 8.25. The summed E-state index contributed by atoms with van der Waals surface area (Å²) in [6.07, 6.45) is 2.42. The molecule has 3 heterocycles. The number of hydrogen-bond donors (Lipinski definition) is 1. The summed E-state index contributed by atoms with van der Waals surface area (Å²) in [5.74, 6) is 0.296. The van der Waals surface area contributed by atoms with E-state index in [-0.39, 0.29) is 17.6 Å². The molecule has 1 aliphatic heterocycles. The quantitative estimate of drug-likeness (QED) is 0.654. The third-order valence-electron chi connectivity index (χ3n) is 4.76. The van der Waals surface area contributed by atoms with Crippen molar-refractivity contribution < 1.29 is 9.32 Å². The van der Waals surface area contributed by atoms with Crippen LogP contribution in [0.25, 0.3) is 11.3 Å². The van der Waals surface area contributed by atoms with Gasteiger partial charge in [0.05, 0.1) is 6.04 Å². The number of likely N-dealkylation sites (tertiary alicyclic amines) is 1. The average molecular weight is 402 g/mol. The van der Waals surface area contributed by atoms with E-state index in [4.69, 9.17) is 16.1 Å². The molecule has 1 amide bonds. The van der Waals surface area contributed by atoms with Gasteiger partial charge in [-0.3, -0.25) is 9.69 Å². The lowest BCUT2D eigenvalue weighted by Gasteiger charge is -2.26. The van der Waals surface area contributed by atoms with Crippen molar-refractivity contribution in [1.29, 1.82) is 0 Å². The Morgan fingerprint density at radius 3 is 2.85 bits per heavy atom. The molecule has 1 fully saturated rings. The first kappa shape index (κ1) is 18.2. The van der Waals surface area contributed by atoms with Gasteiger partial charge in [0.25, 0.3) is 5.91 Å². The Kier molecular flexibility index (Phi) is 5.57. The monoisotopic (exact) mass is 401 g/mol. The van der Waals surface area contributed by atoms with Crippen LogP contribution in [-0.4, -0.2) is 35.6 Å². The Bertz CT molecular complexity index is 904. The summed E-state index contributed by atoms with van der Waals surface area (Å²) in [6.45, 7) is 2.70. The Labute approximate surface area is 166 Å². The zero-order valence-corrected chi connectivity index (χ0v) is 16.3. The molecule has 3 aromatic rings. The molecule has 4 rings (SSSR count). The van der Waals surface area contributed by atoms with Crippen LogP contribution in [0, 0.1) is 0 Å². The number of carbonyl (C=O) groups excluding carboxylic acids is 1. The van der Waals surface area contributed by atoms with Gasteiger partial charge in [-0.25, -0.2) is 0 Å². The lowest BCUT2D eigenvalue weighted by atomic mass is 10.1. The second-order valence-corrected chi connectivity index (χ2v) is 7.99. The number of carbonyl (C=O) groups is 1. The van der Waals surface area contributed by atoms with Gasteiger partial charge in [0, 0.05) is 28.1 Å². The summed E-state index contributed by atoms with van der Waals surface area (Å²) >= 11 is 7.74. The van der Waals surface area contributed by atoms with Gasteiger partial charge < -0.3 is 9.84 Å². The van der Waals surface area contributed by atoms with Crippen molar-refractivity contribution >= 4 is 28.8 Å². The van der Waals surface area contributed by atoms with Crippen LogP contribution in [0.5, 0.6) is 0 Å². The van der Waals surface area contributed by atoms with E-state index in [1.807, 2.05) is 12.1 Å². The highest BCUT2D eigenvalue weighted by molar-refractivity contribution is 7.10. The van der Waals surface area contributed by atoms with E-state index >= 15 is 0 Å². The van der Waals surface area contributed by atoms with E-state index in [9.17, 15) is 4.79 Å². The molecule has 7 heteroatoms. The first-order valence-corrected chi connectivity index (χ1v) is 10.2. The molecule has 0 bridgehead atoms. The molecule has 2 aromatic heterocycles. The van der Waals surface area contributed by atoms with Crippen LogP contribution < -0.4 is 5.32 Å². The standard InChI is InChI=1S/C20H20ClN3O2S/c21-15-6-3-5-14(11-15)18-12-16(23-26-18)20(25)22-13-17(19-7-4-10-27-19)24-8-1-2-9-24/h3-7,10-12,17H,1-2,8-9,13H2,(H,22,25). The molecule has 0 spiro atoms. The largest absolute Gasteiger partial charge is 0.355 e. The SMILES string of the molecule is O=C(NCC(c1cccs1)N1CCCC1)c1cc(-c2cccc(Cl)c2)on1. The highest BCUT2D eigenvalue weighted by Gasteiger charge is 2.25. The number of nitrogens with zero attached hydrogens (tertiary/aromatic N) is 2. The number of halogens is 1. The van der Waals surface area contributed by atoms with Crippen LogP contribution in [0.1, 0.15) is 34.2 Å². The van der Waals surface area contributed by atoms with E-state index in [1.54, 1.807) is 29.5 Å². The molecule has 1 N–H and O–H groups in total. The van der Waals surface area contributed by atoms with Gasteiger partial charge in [-0.1, -0.05) is 35.0 Å². The Morgan fingerprint density at radius 2 is 2.11 bits per heavy atom. The maximum Gasteiger partial charge on any atom is 0.273 e. The van der Waals surface area contributed by atoms with Crippen LogP contribution in [-0.2, 0) is 0 Å². The fourth-order valence-electron chi connectivity index (χ4n) is 3.38. The molecule has 27 heavy (non-hydrogen) atoms. The zero-order chi connectivity index (χ0) is 18.6. The van der Waals surface area contributed by atoms with Crippen LogP contribution in [0.3, 0.4) is 0 Å². The van der Waals surface area contributed by atoms with Gasteiger partial charge in [-0.15, -0.1) is 11.3 Å². The number of aromatic nitrogens is 1. The van der Waals surface area contributed by atoms with E-state index in [1.165, 1.54) is 17.7 Å². The number of nitrogens with one attached hydrogen (secondary N) is 1. The zero-order valence-electron chi connectivity index (χ0n) is 14.7. The maximum absolute atomic E-state index is 12.6. The van der Waals surface area contributed by atoms with Gasteiger partial charge in [0.1, 0.15) is 0 Å². The molecule has 5 nitrogen and oxygen atoms in total. The van der Waals surface area contributed by atoms with Crippen molar-refractivity contribution in [1.82, 2.24) is 15.4 Å². The van der Waals surface area contributed by atoms with Gasteiger partial charge in [0.2, 0.25) is 0 Å². The third kappa shape index (κ3) is 4.24. The Hall–Kier alpha value is -2.15. The minimum atomic E-state index is -0.229. The fourth-order valence-corrected chi connectivity index (χ4v) is 4.43. The summed E-state index contributed by atoms with van der Waals surface area (Å²) in [5.41, 5.74) is 1.07. The molecule has 1 aliphatic rings. The highest BCUT2D eigenvalue weighted by atomic mass is 35.5. The molecule has 140 valence electrons. The molecule has 0 radical (unpaired) electrons. The smallest absolute Gasteiger partial charge is 0.273 e. The second-order valence-electron chi connectivity index (χ2n) is 6.57. The molecular weight excluding hydrogens is 382 g/mol. The fraction of sp³-hybridized carbons (Fsp3) is 0.300. The van der Waals surface area contributed by atoms with Gasteiger partial charge in [0.15, 0.2) is 11.5 Å². The third-order valence-corrected chi connectivity index (χ3v) is 5.97. The maximum atomic E-state index is 12.6. The van der Waals surface area contributed by atoms with E-state index in [0.717, 1.165) is 18.7 Å². The Morgan fingerprint density at radius 1 is 1.26 bits per heavy atom. The highest BCUT2D eigenvalue weighted by Crippen LogP contribution is 2.28. The van der Waals surface area contributed by atoms with Gasteiger partial charge in [-0.2, -0.15) is 0 Å². The van der Waals surface area contributed by atoms with Gasteiger partial charge >= 0.3 is 0 Å². The molecule has 1 atom stereocenters. The molecule has 1 saturated heterocycles. The summed E-state index contributed by atoms with van der Waals surface area (Å²) < 4.78 is 5.33. The van der Waals surface area contributed by atoms with Crippen molar-refractivity contribution in [2.75, 3.05) is 19.6 Å². The topological polar surface area (TPSA) is 58.4 Å². The summed E-state index contributed by atoms with van der Waals surface area (Å²) in [5, 5.41) is 9.63. The van der Waals surface area contributed by atoms with Crippen molar-refractivity contribution in [3.8, 4) is 11.3 Å². The number of rotatable bonds is 6. The predicted molar refractivity (Wildman–Crippen MR) is 107 cm³/mol. The first-order valence-electron chi connectivity index (χ1n) is 8.99. The van der Waals surface area contributed by atoms with Crippen molar-refractivity contribution in [2.45, 2.75) is 18.9 Å². The van der Waals surface area contributed by atoms with E-state index < -0.39 is 0 Å². The number of benzene rings is 1. The summed E-state index contributed by atoms with van der Waals surface area (Å²) in [7, 11) is 0. The first-order chi connectivity index (χ1) is 13.2. The van der Waals surface area contributed by atoms with E-state index in [2.05, 4.69) is 32.9 Å². The molecule has 1 unspecified atom stereocenters. The van der Waals surface area contributed by atoms with Gasteiger partial charge in [-0.05, 0) is 49.5 Å². The minimum Gasteiger partial charge on any atom is -0.355 e. The van der Waals surface area contributed by atoms with Crippen molar-refractivity contribution in [2.24, 2.45) is 0 Å². The van der Waals surface area contributed by atoms with Crippen molar-refractivity contribution in [3.05, 3.63) is 63.4 Å². The van der Waals surface area contributed by atoms with Crippen LogP contribution in [0.15, 0.2) is 52.4 Å². The minimum absolute atomic E-state index is 0.204. The molecule has 0 saturated carbocycles. The number of amides is 1. The normalized spacial score (nSPS) is 15.7. The molecular formula is C20H20ClN3O2S. The lowest BCUT2D eigenvalue weighted by molar-refractivity contribution is 0.0929. The lowest BCUT2D eigenvalue weighted by Crippen LogP contribution is -2.36. The van der Waals surface area contributed by atoms with Crippen LogP contribution in [0.2, 0.25) is 5.02 Å². The molecule has 0 aliphatic carbocycles. The summed E-state index contributed by atoms with van der Waals surface area (Å²) in [6, 6.07) is 13.3. The van der Waals surface area contributed by atoms with Crippen LogP contribution in [0.4, 0.5) is 0 Å². The summed E-state index contributed by atoms with van der Waals surface area (Å²) in [4.78, 5) is 16.3. The van der Waals surface area contributed by atoms with Crippen LogP contribution >= 0.6 is 22.9 Å². The Balaban J connectivity index is 1.44. The number of hydrogen-bond acceptors (Lipinski definition) is 5. The van der Waals surface area contributed by atoms with Crippen molar-refractivity contribution in [3.63, 3.8) is 0 Å². The number of thiophene rings is 1. The van der Waals surface area contributed by atoms with E-state index in [0.29, 0.717) is 17.3 Å². The molecule has 1 aromatic carbocycles.